The Balaban J connectivity index is 1.96. The van der Waals surface area contributed by atoms with Gasteiger partial charge < -0.3 is 10.2 Å². The molecule has 4 heteroatoms. The van der Waals surface area contributed by atoms with Crippen LogP contribution in [-0.2, 0) is 0 Å². The third kappa shape index (κ3) is 4.97. The van der Waals surface area contributed by atoms with E-state index in [4.69, 9.17) is 0 Å². The Morgan fingerprint density at radius 3 is 2.57 bits per heavy atom. The van der Waals surface area contributed by atoms with Crippen molar-refractivity contribution in [3.63, 3.8) is 0 Å². The molecule has 0 aliphatic carbocycles. The predicted molar refractivity (Wildman–Crippen MR) is 90.4 cm³/mol. The first kappa shape index (κ1) is 16.8. The Bertz CT molecular complexity index is 431. The molecule has 1 heterocycles. The lowest BCUT2D eigenvalue weighted by Crippen LogP contribution is -2.41. The molecule has 0 radical (unpaired) electrons. The monoisotopic (exact) mass is 310 g/mol. The standard InChI is InChI=1S/C17H27FN2S/c1-4-19-17(15-7-5-6-8-16(15)18)9-10-20-11-13(2)21-14(3)12-20/h5-8,13-14,17,19H,4,9-12H2,1-3H3. The summed E-state index contributed by atoms with van der Waals surface area (Å²) in [6, 6.07) is 7.25. The SMILES string of the molecule is CCNC(CCN1CC(C)SC(C)C1)c1ccccc1F. The van der Waals surface area contributed by atoms with Gasteiger partial charge in [0, 0.05) is 41.7 Å². The molecule has 0 amide bonds. The summed E-state index contributed by atoms with van der Waals surface area (Å²) >= 11 is 2.07. The molecule has 1 fully saturated rings. The zero-order valence-electron chi connectivity index (χ0n) is 13.3. The fraction of sp³-hybridized carbons (Fsp3) is 0.647. The molecule has 3 atom stereocenters. The van der Waals surface area contributed by atoms with Gasteiger partial charge in [0.15, 0.2) is 0 Å². The van der Waals surface area contributed by atoms with Gasteiger partial charge in [0.1, 0.15) is 5.82 Å². The van der Waals surface area contributed by atoms with Crippen LogP contribution in [0.3, 0.4) is 0 Å². The van der Waals surface area contributed by atoms with Crippen LogP contribution in [0.2, 0.25) is 0 Å². The third-order valence-corrected chi connectivity index (χ3v) is 5.19. The second kappa shape index (κ2) is 8.16. The molecule has 0 aromatic heterocycles. The highest BCUT2D eigenvalue weighted by molar-refractivity contribution is 8.00. The molecule has 118 valence electrons. The van der Waals surface area contributed by atoms with E-state index in [2.05, 4.69) is 42.7 Å². The fourth-order valence-electron chi connectivity index (χ4n) is 3.15. The van der Waals surface area contributed by atoms with Crippen LogP contribution in [0.1, 0.15) is 38.8 Å². The average molecular weight is 310 g/mol. The Morgan fingerprint density at radius 1 is 1.29 bits per heavy atom. The number of thioether (sulfide) groups is 1. The van der Waals surface area contributed by atoms with E-state index in [0.717, 1.165) is 38.2 Å². The molecule has 1 N–H and O–H groups in total. The number of nitrogens with zero attached hydrogens (tertiary/aromatic N) is 1. The normalized spacial score (nSPS) is 25.0. The Kier molecular flexibility index (Phi) is 6.52. The van der Waals surface area contributed by atoms with Crippen LogP contribution in [0.4, 0.5) is 4.39 Å². The first-order valence-corrected chi connectivity index (χ1v) is 8.90. The minimum atomic E-state index is -0.0978. The van der Waals surface area contributed by atoms with Crippen LogP contribution in [0, 0.1) is 5.82 Å². The summed E-state index contributed by atoms with van der Waals surface area (Å²) in [4.78, 5) is 2.52. The number of hydrogen-bond donors (Lipinski definition) is 1. The number of benzene rings is 1. The van der Waals surface area contributed by atoms with Crippen molar-refractivity contribution >= 4 is 11.8 Å². The van der Waals surface area contributed by atoms with Gasteiger partial charge in [0.05, 0.1) is 0 Å². The second-order valence-electron chi connectivity index (χ2n) is 5.94. The summed E-state index contributed by atoms with van der Waals surface area (Å²) in [6.07, 6.45) is 0.957. The lowest BCUT2D eigenvalue weighted by atomic mass is 10.0. The Hall–Kier alpha value is -0.580. The maximum absolute atomic E-state index is 14.0. The number of nitrogens with one attached hydrogen (secondary N) is 1. The van der Waals surface area contributed by atoms with Crippen molar-refractivity contribution in [1.29, 1.82) is 0 Å². The lowest BCUT2D eigenvalue weighted by molar-refractivity contribution is 0.253. The quantitative estimate of drug-likeness (QED) is 0.862. The van der Waals surface area contributed by atoms with Gasteiger partial charge in [-0.1, -0.05) is 39.0 Å². The van der Waals surface area contributed by atoms with E-state index in [9.17, 15) is 4.39 Å². The molecule has 1 aromatic carbocycles. The Labute approximate surface area is 132 Å². The minimum Gasteiger partial charge on any atom is -0.310 e. The smallest absolute Gasteiger partial charge is 0.127 e. The highest BCUT2D eigenvalue weighted by Crippen LogP contribution is 2.26. The molecule has 0 spiro atoms. The molecule has 1 saturated heterocycles. The van der Waals surface area contributed by atoms with Gasteiger partial charge in [0.25, 0.3) is 0 Å². The van der Waals surface area contributed by atoms with E-state index in [0.29, 0.717) is 10.5 Å². The summed E-state index contributed by atoms with van der Waals surface area (Å²) in [7, 11) is 0. The summed E-state index contributed by atoms with van der Waals surface area (Å²) < 4.78 is 14.0. The second-order valence-corrected chi connectivity index (χ2v) is 7.82. The lowest BCUT2D eigenvalue weighted by Gasteiger charge is -2.35. The summed E-state index contributed by atoms with van der Waals surface area (Å²) in [5.74, 6) is -0.0978. The van der Waals surface area contributed by atoms with E-state index in [-0.39, 0.29) is 11.9 Å². The molecular weight excluding hydrogens is 283 g/mol. The van der Waals surface area contributed by atoms with Crippen LogP contribution in [0.15, 0.2) is 24.3 Å². The third-order valence-electron chi connectivity index (χ3n) is 3.96. The maximum atomic E-state index is 14.0. The van der Waals surface area contributed by atoms with E-state index >= 15 is 0 Å². The summed E-state index contributed by atoms with van der Waals surface area (Å²) in [6.45, 7) is 10.9. The molecule has 1 aromatic rings. The zero-order valence-corrected chi connectivity index (χ0v) is 14.1. The van der Waals surface area contributed by atoms with E-state index in [1.807, 2.05) is 12.1 Å². The molecule has 1 aliphatic heterocycles. The minimum absolute atomic E-state index is 0.0978. The van der Waals surface area contributed by atoms with Gasteiger partial charge in [-0.05, 0) is 19.0 Å². The van der Waals surface area contributed by atoms with Gasteiger partial charge in [-0.2, -0.15) is 11.8 Å². The fourth-order valence-corrected chi connectivity index (χ4v) is 4.54. The van der Waals surface area contributed by atoms with Crippen molar-refractivity contribution in [3.8, 4) is 0 Å². The molecule has 1 aliphatic rings. The van der Waals surface area contributed by atoms with E-state index in [1.54, 1.807) is 12.1 Å². The molecular formula is C17H27FN2S. The van der Waals surface area contributed by atoms with Crippen molar-refractivity contribution in [2.24, 2.45) is 0 Å². The maximum Gasteiger partial charge on any atom is 0.127 e. The van der Waals surface area contributed by atoms with Gasteiger partial charge >= 0.3 is 0 Å². The molecule has 21 heavy (non-hydrogen) atoms. The zero-order chi connectivity index (χ0) is 15.2. The van der Waals surface area contributed by atoms with Crippen molar-refractivity contribution in [2.45, 2.75) is 43.7 Å². The van der Waals surface area contributed by atoms with Gasteiger partial charge in [-0.25, -0.2) is 4.39 Å². The van der Waals surface area contributed by atoms with Crippen molar-refractivity contribution in [3.05, 3.63) is 35.6 Å². The topological polar surface area (TPSA) is 15.3 Å². The number of hydrogen-bond acceptors (Lipinski definition) is 3. The van der Waals surface area contributed by atoms with Crippen LogP contribution < -0.4 is 5.32 Å². The number of rotatable bonds is 6. The highest BCUT2D eigenvalue weighted by atomic mass is 32.2. The molecule has 2 rings (SSSR count). The van der Waals surface area contributed by atoms with Crippen LogP contribution in [0.25, 0.3) is 0 Å². The summed E-state index contributed by atoms with van der Waals surface area (Å²) in [5.41, 5.74) is 0.798. The van der Waals surface area contributed by atoms with Crippen molar-refractivity contribution < 1.29 is 4.39 Å². The molecule has 3 unspecified atom stereocenters. The van der Waals surface area contributed by atoms with Crippen LogP contribution in [0.5, 0.6) is 0 Å². The largest absolute Gasteiger partial charge is 0.310 e. The van der Waals surface area contributed by atoms with Crippen LogP contribution >= 0.6 is 11.8 Å². The summed E-state index contributed by atoms with van der Waals surface area (Å²) in [5, 5.41) is 4.82. The highest BCUT2D eigenvalue weighted by Gasteiger charge is 2.23. The van der Waals surface area contributed by atoms with Crippen molar-refractivity contribution in [2.75, 3.05) is 26.2 Å². The van der Waals surface area contributed by atoms with Gasteiger partial charge in [-0.3, -0.25) is 0 Å². The Morgan fingerprint density at radius 2 is 1.95 bits per heavy atom. The first-order chi connectivity index (χ1) is 10.1. The molecule has 2 nitrogen and oxygen atoms in total. The van der Waals surface area contributed by atoms with Gasteiger partial charge in [0.2, 0.25) is 0 Å². The van der Waals surface area contributed by atoms with Crippen molar-refractivity contribution in [1.82, 2.24) is 10.2 Å². The first-order valence-electron chi connectivity index (χ1n) is 7.95. The van der Waals surface area contributed by atoms with Crippen LogP contribution in [-0.4, -0.2) is 41.6 Å². The van der Waals surface area contributed by atoms with Gasteiger partial charge in [-0.15, -0.1) is 0 Å². The number of halogens is 1. The molecule has 0 bridgehead atoms. The van der Waals surface area contributed by atoms with E-state index in [1.165, 1.54) is 0 Å². The van der Waals surface area contributed by atoms with E-state index < -0.39 is 0 Å². The predicted octanol–water partition coefficient (Wildman–Crippen LogP) is 3.69. The average Bonchev–Trinajstić information content (AvgIpc) is 2.43. The molecule has 0 saturated carbocycles.